The first-order valence-corrected chi connectivity index (χ1v) is 9.83. The predicted octanol–water partition coefficient (Wildman–Crippen LogP) is 4.29. The number of hydrogen-bond acceptors (Lipinski definition) is 6. The number of ether oxygens (including phenoxy) is 2. The highest BCUT2D eigenvalue weighted by molar-refractivity contribution is 7.15. The van der Waals surface area contributed by atoms with Gasteiger partial charge in [-0.15, -0.1) is 11.3 Å². The second kappa shape index (κ2) is 8.52. The minimum Gasteiger partial charge on any atom is -0.497 e. The molecular formula is C21H15F2N3O4S. The van der Waals surface area contributed by atoms with Gasteiger partial charge in [0, 0.05) is 29.0 Å². The fourth-order valence-corrected chi connectivity index (χ4v) is 3.66. The Kier molecular flexibility index (Phi) is 5.63. The van der Waals surface area contributed by atoms with Crippen LogP contribution in [0.2, 0.25) is 0 Å². The van der Waals surface area contributed by atoms with Crippen LogP contribution in [0.15, 0.2) is 65.0 Å². The van der Waals surface area contributed by atoms with Crippen LogP contribution in [-0.4, -0.2) is 29.0 Å². The van der Waals surface area contributed by atoms with Gasteiger partial charge in [0.15, 0.2) is 4.96 Å². The van der Waals surface area contributed by atoms with E-state index in [0.717, 1.165) is 0 Å². The van der Waals surface area contributed by atoms with Crippen molar-refractivity contribution in [3.63, 3.8) is 0 Å². The predicted molar refractivity (Wildman–Crippen MR) is 112 cm³/mol. The van der Waals surface area contributed by atoms with Crippen molar-refractivity contribution < 1.29 is 23.0 Å². The number of thiazole rings is 1. The van der Waals surface area contributed by atoms with E-state index in [9.17, 15) is 18.4 Å². The van der Waals surface area contributed by atoms with Crippen LogP contribution in [-0.2, 0) is 0 Å². The summed E-state index contributed by atoms with van der Waals surface area (Å²) in [7, 11) is 1.52. The molecule has 10 heteroatoms. The number of amides is 1. The molecule has 0 aliphatic carbocycles. The highest BCUT2D eigenvalue weighted by atomic mass is 32.1. The first-order valence-electron chi connectivity index (χ1n) is 8.96. The van der Waals surface area contributed by atoms with Gasteiger partial charge in [0.1, 0.15) is 17.1 Å². The van der Waals surface area contributed by atoms with Crippen molar-refractivity contribution in [2.45, 2.75) is 6.61 Å². The molecule has 0 saturated heterocycles. The van der Waals surface area contributed by atoms with Crippen molar-refractivity contribution in [3.8, 4) is 22.6 Å². The SMILES string of the molecule is COc1ccc(-c2cc(NC(=O)c3cnc4sccn4c3=O)ccc2OC(F)F)cc1. The van der Waals surface area contributed by atoms with Crippen LogP contribution in [0.5, 0.6) is 11.5 Å². The molecule has 1 amide bonds. The Morgan fingerprint density at radius 1 is 1.19 bits per heavy atom. The molecule has 4 aromatic rings. The number of nitrogens with zero attached hydrogens (tertiary/aromatic N) is 2. The summed E-state index contributed by atoms with van der Waals surface area (Å²) in [5.74, 6) is -0.123. The number of anilines is 1. The maximum atomic E-state index is 12.9. The second-order valence-electron chi connectivity index (χ2n) is 6.30. The number of carbonyl (C=O) groups excluding carboxylic acids is 1. The molecule has 31 heavy (non-hydrogen) atoms. The highest BCUT2D eigenvalue weighted by Crippen LogP contribution is 2.34. The van der Waals surface area contributed by atoms with Crippen LogP contribution in [0.3, 0.4) is 0 Å². The van der Waals surface area contributed by atoms with E-state index < -0.39 is 18.1 Å². The van der Waals surface area contributed by atoms with Gasteiger partial charge in [-0.1, -0.05) is 12.1 Å². The van der Waals surface area contributed by atoms with Crippen LogP contribution in [0.1, 0.15) is 10.4 Å². The minimum atomic E-state index is -3.01. The highest BCUT2D eigenvalue weighted by Gasteiger charge is 2.17. The van der Waals surface area contributed by atoms with Crippen molar-refractivity contribution in [2.24, 2.45) is 0 Å². The maximum Gasteiger partial charge on any atom is 0.387 e. The molecule has 1 N–H and O–H groups in total. The van der Waals surface area contributed by atoms with Crippen molar-refractivity contribution in [1.82, 2.24) is 9.38 Å². The number of fused-ring (bicyclic) bond motifs is 1. The summed E-state index contributed by atoms with van der Waals surface area (Å²) in [6.45, 7) is -3.01. The third-order valence-corrected chi connectivity index (χ3v) is 5.21. The third-order valence-electron chi connectivity index (χ3n) is 4.44. The van der Waals surface area contributed by atoms with E-state index in [-0.39, 0.29) is 11.3 Å². The van der Waals surface area contributed by atoms with Crippen LogP contribution in [0, 0.1) is 0 Å². The molecule has 2 heterocycles. The first kappa shape index (κ1) is 20.5. The maximum absolute atomic E-state index is 12.9. The van der Waals surface area contributed by atoms with E-state index in [0.29, 0.717) is 27.5 Å². The van der Waals surface area contributed by atoms with E-state index >= 15 is 0 Å². The summed E-state index contributed by atoms with van der Waals surface area (Å²) in [5.41, 5.74) is 0.566. The fourth-order valence-electron chi connectivity index (χ4n) is 2.98. The lowest BCUT2D eigenvalue weighted by Gasteiger charge is -2.14. The van der Waals surface area contributed by atoms with Gasteiger partial charge in [0.25, 0.3) is 11.5 Å². The monoisotopic (exact) mass is 443 g/mol. The Morgan fingerprint density at radius 2 is 1.97 bits per heavy atom. The summed E-state index contributed by atoms with van der Waals surface area (Å²) >= 11 is 1.27. The molecule has 4 rings (SSSR count). The van der Waals surface area contributed by atoms with E-state index in [4.69, 9.17) is 4.74 Å². The zero-order valence-electron chi connectivity index (χ0n) is 16.0. The summed E-state index contributed by atoms with van der Waals surface area (Å²) in [5, 5.41) is 4.30. The Balaban J connectivity index is 1.68. The van der Waals surface area contributed by atoms with Crippen LogP contribution in [0.4, 0.5) is 14.5 Å². The molecule has 0 radical (unpaired) electrons. The summed E-state index contributed by atoms with van der Waals surface area (Å²) < 4.78 is 36.7. The van der Waals surface area contributed by atoms with Gasteiger partial charge >= 0.3 is 6.61 Å². The van der Waals surface area contributed by atoms with Crippen molar-refractivity contribution >= 4 is 27.9 Å². The first-order chi connectivity index (χ1) is 15.0. The number of carbonyl (C=O) groups is 1. The van der Waals surface area contributed by atoms with Crippen LogP contribution < -0.4 is 20.3 Å². The van der Waals surface area contributed by atoms with E-state index in [1.165, 1.54) is 53.4 Å². The molecule has 2 aromatic heterocycles. The Labute approximate surface area is 178 Å². The van der Waals surface area contributed by atoms with Gasteiger partial charge in [-0.3, -0.25) is 14.0 Å². The molecule has 0 aliphatic rings. The topological polar surface area (TPSA) is 81.9 Å². The molecular weight excluding hydrogens is 428 g/mol. The number of rotatable bonds is 6. The average molecular weight is 443 g/mol. The van der Waals surface area contributed by atoms with Crippen molar-refractivity contribution in [2.75, 3.05) is 12.4 Å². The molecule has 0 aliphatic heterocycles. The van der Waals surface area contributed by atoms with E-state index in [1.807, 2.05) is 0 Å². The molecule has 0 bridgehead atoms. The standard InChI is InChI=1S/C21H15F2N3O4S/c1-29-14-5-2-12(3-6-14)15-10-13(4-7-17(15)30-20(22)23)25-18(27)16-11-24-21-26(19(16)28)8-9-31-21/h2-11,20H,1H3,(H,25,27). The quantitative estimate of drug-likeness (QED) is 0.481. The van der Waals surface area contributed by atoms with E-state index in [1.54, 1.807) is 29.6 Å². The van der Waals surface area contributed by atoms with Gasteiger partial charge < -0.3 is 14.8 Å². The molecule has 158 valence electrons. The normalized spacial score (nSPS) is 11.0. The largest absolute Gasteiger partial charge is 0.497 e. The van der Waals surface area contributed by atoms with Gasteiger partial charge in [-0.05, 0) is 35.9 Å². The van der Waals surface area contributed by atoms with Crippen LogP contribution in [0.25, 0.3) is 16.1 Å². The molecule has 0 atom stereocenters. The van der Waals surface area contributed by atoms with Crippen molar-refractivity contribution in [1.29, 1.82) is 0 Å². The Hall–Kier alpha value is -3.79. The number of aromatic nitrogens is 2. The van der Waals surface area contributed by atoms with Crippen LogP contribution >= 0.6 is 11.3 Å². The number of alkyl halides is 2. The minimum absolute atomic E-state index is 0.0559. The third kappa shape index (κ3) is 4.24. The number of benzene rings is 2. The lowest BCUT2D eigenvalue weighted by atomic mass is 10.0. The fraction of sp³-hybridized carbons (Fsp3) is 0.0952. The summed E-state index contributed by atoms with van der Waals surface area (Å²) in [6.07, 6.45) is 2.74. The summed E-state index contributed by atoms with van der Waals surface area (Å²) in [4.78, 5) is 29.7. The van der Waals surface area contributed by atoms with Gasteiger partial charge in [-0.25, -0.2) is 4.98 Å². The number of nitrogens with one attached hydrogen (secondary N) is 1. The van der Waals surface area contributed by atoms with Gasteiger partial charge in [0.05, 0.1) is 7.11 Å². The molecule has 0 saturated carbocycles. The molecule has 7 nitrogen and oxygen atoms in total. The van der Waals surface area contributed by atoms with Gasteiger partial charge in [-0.2, -0.15) is 8.78 Å². The zero-order valence-corrected chi connectivity index (χ0v) is 16.9. The molecule has 2 aromatic carbocycles. The lowest BCUT2D eigenvalue weighted by Crippen LogP contribution is -2.25. The average Bonchev–Trinajstić information content (AvgIpc) is 3.24. The lowest BCUT2D eigenvalue weighted by molar-refractivity contribution is -0.0494. The smallest absolute Gasteiger partial charge is 0.387 e. The zero-order chi connectivity index (χ0) is 22.0. The van der Waals surface area contributed by atoms with E-state index in [2.05, 4.69) is 15.0 Å². The second-order valence-corrected chi connectivity index (χ2v) is 7.18. The Morgan fingerprint density at radius 3 is 2.68 bits per heavy atom. The van der Waals surface area contributed by atoms with Crippen molar-refractivity contribution in [3.05, 3.63) is 76.2 Å². The summed E-state index contributed by atoms with van der Waals surface area (Å²) in [6, 6.07) is 10.9. The number of methoxy groups -OCH3 is 1. The molecule has 0 fully saturated rings. The van der Waals surface area contributed by atoms with Gasteiger partial charge in [0.2, 0.25) is 0 Å². The number of halogens is 2. The molecule has 0 unspecified atom stereocenters. The Bertz CT molecular complexity index is 1300. The number of hydrogen-bond donors (Lipinski definition) is 1. The molecule has 0 spiro atoms.